The molecule has 0 aliphatic carbocycles. The second-order valence-electron chi connectivity index (χ2n) is 4.49. The minimum Gasteiger partial charge on any atom is -0.348 e. The molecule has 20 heavy (non-hydrogen) atoms. The number of hydrogen-bond acceptors (Lipinski definition) is 1. The molecule has 0 atom stereocenters. The molecule has 2 rings (SSSR count). The fraction of sp³-hybridized carbons (Fsp3) is 0.188. The van der Waals surface area contributed by atoms with Gasteiger partial charge in [0.05, 0.1) is 5.92 Å². The number of benzene rings is 2. The van der Waals surface area contributed by atoms with Gasteiger partial charge in [-0.15, -0.1) is 17.0 Å². The van der Waals surface area contributed by atoms with Crippen molar-refractivity contribution in [3.63, 3.8) is 0 Å². The Morgan fingerprint density at radius 2 is 1.20 bits per heavy atom. The molecule has 0 unspecified atom stereocenters. The molecule has 0 saturated carbocycles. The molecule has 2 nitrogen and oxygen atoms in total. The van der Waals surface area contributed by atoms with Gasteiger partial charge in [-0.1, -0.05) is 60.7 Å². The number of likely N-dealkylation sites (N-methyl/N-ethyl adjacent to an activating group) is 1. The minimum absolute atomic E-state index is 0. The van der Waals surface area contributed by atoms with Gasteiger partial charge in [0.2, 0.25) is 5.91 Å². The predicted molar refractivity (Wildman–Crippen MR) is 83.7 cm³/mol. The van der Waals surface area contributed by atoms with Crippen LogP contribution in [0.5, 0.6) is 0 Å². The second kappa shape index (κ2) is 8.96. The molecular formula is C16H18BrFeNO. The molecule has 4 heteroatoms. The monoisotopic (exact) mass is 375 g/mol. The van der Waals surface area contributed by atoms with Crippen LogP contribution in [-0.2, 0) is 21.9 Å². The summed E-state index contributed by atoms with van der Waals surface area (Å²) in [6.45, 7) is 0. The summed E-state index contributed by atoms with van der Waals surface area (Å²) in [6.07, 6.45) is 0. The number of hydrogen-bond donors (Lipinski definition) is 0. The van der Waals surface area contributed by atoms with E-state index in [1.807, 2.05) is 60.7 Å². The molecule has 0 aliphatic rings. The number of rotatable bonds is 3. The Kier molecular flexibility index (Phi) is 8.47. The third-order valence-electron chi connectivity index (χ3n) is 2.95. The van der Waals surface area contributed by atoms with E-state index in [9.17, 15) is 4.79 Å². The fourth-order valence-corrected chi connectivity index (χ4v) is 2.03. The van der Waals surface area contributed by atoms with E-state index in [4.69, 9.17) is 0 Å². The number of carbonyl (C=O) groups is 1. The Bertz CT molecular complexity index is 477. The fourth-order valence-electron chi connectivity index (χ4n) is 2.03. The number of amides is 1. The molecule has 0 bridgehead atoms. The van der Waals surface area contributed by atoms with Gasteiger partial charge in [-0.3, -0.25) is 4.79 Å². The molecule has 2 aromatic carbocycles. The van der Waals surface area contributed by atoms with E-state index in [2.05, 4.69) is 0 Å². The summed E-state index contributed by atoms with van der Waals surface area (Å²) in [5.41, 5.74) is 2.06. The molecular weight excluding hydrogens is 358 g/mol. The van der Waals surface area contributed by atoms with E-state index in [0.29, 0.717) is 0 Å². The van der Waals surface area contributed by atoms with E-state index in [0.717, 1.165) is 11.1 Å². The second-order valence-corrected chi connectivity index (χ2v) is 4.49. The molecule has 0 aromatic heterocycles. The van der Waals surface area contributed by atoms with Crippen LogP contribution in [0.15, 0.2) is 60.7 Å². The van der Waals surface area contributed by atoms with Crippen molar-refractivity contribution in [2.75, 3.05) is 14.1 Å². The summed E-state index contributed by atoms with van der Waals surface area (Å²) in [5, 5.41) is 0. The van der Waals surface area contributed by atoms with E-state index >= 15 is 0 Å². The molecule has 108 valence electrons. The van der Waals surface area contributed by atoms with Crippen molar-refractivity contribution in [1.29, 1.82) is 0 Å². The zero-order valence-electron chi connectivity index (χ0n) is 11.5. The Hall–Kier alpha value is -1.09. The van der Waals surface area contributed by atoms with E-state index in [1.165, 1.54) is 0 Å². The van der Waals surface area contributed by atoms with Crippen LogP contribution in [-0.4, -0.2) is 24.9 Å². The third kappa shape index (κ3) is 4.48. The normalized spacial score (nSPS) is 9.35. The molecule has 2 aromatic rings. The van der Waals surface area contributed by atoms with E-state index in [1.54, 1.807) is 19.0 Å². The molecule has 0 aliphatic heterocycles. The summed E-state index contributed by atoms with van der Waals surface area (Å²) in [7, 11) is 3.59. The smallest absolute Gasteiger partial charge is 0.234 e. The quantitative estimate of drug-likeness (QED) is 0.752. The van der Waals surface area contributed by atoms with Gasteiger partial charge in [-0.05, 0) is 11.1 Å². The molecule has 0 fully saturated rings. The van der Waals surface area contributed by atoms with Gasteiger partial charge in [-0.2, -0.15) is 0 Å². The average Bonchev–Trinajstić information content (AvgIpc) is 2.41. The van der Waals surface area contributed by atoms with E-state index in [-0.39, 0.29) is 45.9 Å². The van der Waals surface area contributed by atoms with Crippen molar-refractivity contribution in [3.05, 3.63) is 71.8 Å². The van der Waals surface area contributed by atoms with Gasteiger partial charge < -0.3 is 4.90 Å². The first-order valence-corrected chi connectivity index (χ1v) is 6.01. The van der Waals surface area contributed by atoms with Crippen molar-refractivity contribution >= 4 is 22.9 Å². The predicted octanol–water partition coefficient (Wildman–Crippen LogP) is 3.48. The first-order chi connectivity index (χ1) is 8.70. The van der Waals surface area contributed by atoms with Gasteiger partial charge in [0.15, 0.2) is 0 Å². The van der Waals surface area contributed by atoms with Crippen molar-refractivity contribution in [2.45, 2.75) is 5.92 Å². The zero-order valence-corrected chi connectivity index (χ0v) is 14.3. The van der Waals surface area contributed by atoms with E-state index < -0.39 is 0 Å². The molecule has 0 saturated heterocycles. The van der Waals surface area contributed by atoms with Crippen LogP contribution in [0.3, 0.4) is 0 Å². The van der Waals surface area contributed by atoms with Crippen LogP contribution >= 0.6 is 17.0 Å². The number of nitrogens with zero attached hydrogens (tertiary/aromatic N) is 1. The molecule has 0 radical (unpaired) electrons. The molecule has 0 heterocycles. The maximum atomic E-state index is 12.4. The third-order valence-corrected chi connectivity index (χ3v) is 2.95. The van der Waals surface area contributed by atoms with Crippen LogP contribution in [0, 0.1) is 0 Å². The van der Waals surface area contributed by atoms with Crippen LogP contribution < -0.4 is 0 Å². The van der Waals surface area contributed by atoms with Crippen LogP contribution in [0.2, 0.25) is 0 Å². The standard InChI is InChI=1S/C16H17NO.BrH.Fe/c1-17(2)16(18)15(13-9-5-3-6-10-13)14-11-7-4-8-12-14;;/h3-12,15H,1-2H3;1H;. The largest absolute Gasteiger partial charge is 0.348 e. The maximum Gasteiger partial charge on any atom is 0.234 e. The summed E-state index contributed by atoms with van der Waals surface area (Å²) < 4.78 is 0. The van der Waals surface area contributed by atoms with Gasteiger partial charge >= 0.3 is 0 Å². The first-order valence-electron chi connectivity index (χ1n) is 6.01. The average molecular weight is 376 g/mol. The van der Waals surface area contributed by atoms with Crippen molar-refractivity contribution < 1.29 is 21.9 Å². The summed E-state index contributed by atoms with van der Waals surface area (Å²) in [4.78, 5) is 14.0. The number of carbonyl (C=O) groups excluding carboxylic acids is 1. The summed E-state index contributed by atoms with van der Waals surface area (Å²) in [5.74, 6) is -0.116. The topological polar surface area (TPSA) is 20.3 Å². The van der Waals surface area contributed by atoms with Gasteiger partial charge in [0.25, 0.3) is 0 Å². The minimum atomic E-state index is -0.220. The molecule has 0 spiro atoms. The maximum absolute atomic E-state index is 12.4. The first kappa shape index (κ1) is 18.9. The van der Waals surface area contributed by atoms with Crippen molar-refractivity contribution in [2.24, 2.45) is 0 Å². The Morgan fingerprint density at radius 3 is 1.50 bits per heavy atom. The Balaban J connectivity index is 0.00000180. The van der Waals surface area contributed by atoms with Gasteiger partial charge in [-0.25, -0.2) is 0 Å². The van der Waals surface area contributed by atoms with Crippen molar-refractivity contribution in [3.8, 4) is 0 Å². The van der Waals surface area contributed by atoms with Gasteiger partial charge in [0.1, 0.15) is 0 Å². The van der Waals surface area contributed by atoms with Gasteiger partial charge in [0, 0.05) is 31.2 Å². The summed E-state index contributed by atoms with van der Waals surface area (Å²) >= 11 is 0. The Morgan fingerprint density at radius 1 is 0.850 bits per heavy atom. The van der Waals surface area contributed by atoms with Crippen molar-refractivity contribution in [1.82, 2.24) is 4.90 Å². The zero-order chi connectivity index (χ0) is 13.0. The van der Waals surface area contributed by atoms with Crippen LogP contribution in [0.25, 0.3) is 0 Å². The summed E-state index contributed by atoms with van der Waals surface area (Å²) in [6, 6.07) is 19.8. The van der Waals surface area contributed by atoms with Crippen LogP contribution in [0.1, 0.15) is 17.0 Å². The van der Waals surface area contributed by atoms with Crippen LogP contribution in [0.4, 0.5) is 0 Å². The number of halogens is 1. The Labute approximate surface area is 141 Å². The SMILES string of the molecule is Br.CN(C)C(=O)C(c1ccccc1)c1ccccc1.[Fe]. The molecule has 0 N–H and O–H groups in total. The molecule has 1 amide bonds.